The van der Waals surface area contributed by atoms with Crippen molar-refractivity contribution in [3.8, 4) is 0 Å². The largest absolute Gasteiger partial charge is 0.374 e. The van der Waals surface area contributed by atoms with Crippen LogP contribution >= 0.6 is 0 Å². The normalized spacial score (nSPS) is 14.3. The fourth-order valence-electron chi connectivity index (χ4n) is 2.42. The number of nitro groups is 1. The van der Waals surface area contributed by atoms with Crippen LogP contribution in [0.5, 0.6) is 0 Å². The van der Waals surface area contributed by atoms with E-state index in [9.17, 15) is 14.9 Å². The van der Waals surface area contributed by atoms with Crippen LogP contribution in [-0.4, -0.2) is 16.4 Å². The Morgan fingerprint density at radius 2 is 2.00 bits per heavy atom. The summed E-state index contributed by atoms with van der Waals surface area (Å²) in [6.45, 7) is 6.17. The average molecular weight is 291 g/mol. The maximum absolute atomic E-state index is 11.4. The molecular weight excluding hydrogens is 270 g/mol. The molecule has 1 aliphatic rings. The van der Waals surface area contributed by atoms with Gasteiger partial charge in [-0.2, -0.15) is 0 Å². The van der Waals surface area contributed by atoms with Gasteiger partial charge in [0.25, 0.3) is 5.69 Å². The highest BCUT2D eigenvalue weighted by Gasteiger charge is 2.27. The lowest BCUT2D eigenvalue weighted by molar-refractivity contribution is -0.383. The number of rotatable bonds is 5. The Bertz CT molecular complexity index is 580. The predicted molar refractivity (Wildman–Crippen MR) is 82.7 cm³/mol. The second-order valence-corrected chi connectivity index (χ2v) is 5.72. The lowest BCUT2D eigenvalue weighted by Crippen LogP contribution is -2.33. The Kier molecular flexibility index (Phi) is 4.16. The van der Waals surface area contributed by atoms with Crippen molar-refractivity contribution in [1.29, 1.82) is 0 Å². The molecule has 0 aromatic heterocycles. The Hall–Kier alpha value is -2.11. The summed E-state index contributed by atoms with van der Waals surface area (Å²) in [5, 5.41) is 17.3. The van der Waals surface area contributed by atoms with Crippen molar-refractivity contribution in [2.75, 3.05) is 10.6 Å². The summed E-state index contributed by atoms with van der Waals surface area (Å²) in [6.07, 6.45) is 2.77. The molecule has 114 valence electrons. The zero-order valence-corrected chi connectivity index (χ0v) is 12.7. The number of hydrogen-bond donors (Lipinski definition) is 2. The van der Waals surface area contributed by atoms with E-state index in [0.29, 0.717) is 24.2 Å². The van der Waals surface area contributed by atoms with Crippen molar-refractivity contribution < 1.29 is 9.72 Å². The van der Waals surface area contributed by atoms with Crippen molar-refractivity contribution in [2.24, 2.45) is 0 Å². The number of carbonyl (C=O) groups is 1. The highest BCUT2D eigenvalue weighted by Crippen LogP contribution is 2.36. The number of carbonyl (C=O) groups excluding carboxylic acids is 1. The van der Waals surface area contributed by atoms with Gasteiger partial charge in [-0.1, -0.05) is 13.8 Å². The number of amides is 1. The lowest BCUT2D eigenvalue weighted by Gasteiger charge is -2.30. The molecule has 6 nitrogen and oxygen atoms in total. The van der Waals surface area contributed by atoms with E-state index in [1.165, 1.54) is 6.07 Å². The molecule has 6 heteroatoms. The predicted octanol–water partition coefficient (Wildman–Crippen LogP) is 3.47. The molecule has 21 heavy (non-hydrogen) atoms. The van der Waals surface area contributed by atoms with Gasteiger partial charge in [-0.25, -0.2) is 0 Å². The zero-order chi connectivity index (χ0) is 15.6. The smallest absolute Gasteiger partial charge is 0.294 e. The summed E-state index contributed by atoms with van der Waals surface area (Å²) >= 11 is 0. The number of nitrogens with one attached hydrogen (secondary N) is 2. The summed E-state index contributed by atoms with van der Waals surface area (Å²) in [5.74, 6) is -0.0931. The summed E-state index contributed by atoms with van der Waals surface area (Å²) in [4.78, 5) is 22.3. The molecule has 0 fully saturated rings. The molecule has 2 rings (SSSR count). The van der Waals surface area contributed by atoms with E-state index in [1.807, 2.05) is 0 Å². The molecule has 1 aromatic rings. The number of nitrogens with zero attached hydrogens (tertiary/aromatic N) is 1. The fraction of sp³-hybridized carbons (Fsp3) is 0.533. The minimum Gasteiger partial charge on any atom is -0.374 e. The van der Waals surface area contributed by atoms with Gasteiger partial charge in [0.05, 0.1) is 10.6 Å². The van der Waals surface area contributed by atoms with Gasteiger partial charge < -0.3 is 10.6 Å². The zero-order valence-electron chi connectivity index (χ0n) is 12.7. The number of aryl methyl sites for hydroxylation is 1. The van der Waals surface area contributed by atoms with Gasteiger partial charge in [0.2, 0.25) is 5.91 Å². The molecule has 2 N–H and O–H groups in total. The second kappa shape index (κ2) is 5.71. The topological polar surface area (TPSA) is 84.3 Å². The van der Waals surface area contributed by atoms with Crippen LogP contribution in [0.2, 0.25) is 0 Å². The third kappa shape index (κ3) is 3.15. The molecule has 1 heterocycles. The lowest BCUT2D eigenvalue weighted by atomic mass is 9.94. The van der Waals surface area contributed by atoms with E-state index < -0.39 is 4.92 Å². The van der Waals surface area contributed by atoms with E-state index >= 15 is 0 Å². The maximum atomic E-state index is 11.4. The standard InChI is InChI=1S/C15H21N3O3/c1-4-15(3,5-2)17-12-8-10-6-7-14(19)16-11(10)9-13(12)18(20)21/h8-9,17H,4-7H2,1-3H3,(H,16,19). The second-order valence-electron chi connectivity index (χ2n) is 5.72. The highest BCUT2D eigenvalue weighted by molar-refractivity contribution is 5.95. The summed E-state index contributed by atoms with van der Waals surface area (Å²) in [7, 11) is 0. The van der Waals surface area contributed by atoms with Crippen LogP contribution in [0.1, 0.15) is 45.6 Å². The number of fused-ring (bicyclic) bond motifs is 1. The average Bonchev–Trinajstić information content (AvgIpc) is 2.46. The molecule has 0 atom stereocenters. The minimum absolute atomic E-state index is 0.00377. The molecule has 0 saturated carbocycles. The van der Waals surface area contributed by atoms with Crippen molar-refractivity contribution in [3.05, 3.63) is 27.8 Å². The summed E-state index contributed by atoms with van der Waals surface area (Å²) < 4.78 is 0. The molecule has 0 bridgehead atoms. The van der Waals surface area contributed by atoms with E-state index in [-0.39, 0.29) is 17.1 Å². The molecular formula is C15H21N3O3. The van der Waals surface area contributed by atoms with Crippen LogP contribution in [0.3, 0.4) is 0 Å². The van der Waals surface area contributed by atoms with E-state index in [0.717, 1.165) is 18.4 Å². The Morgan fingerprint density at radius 1 is 1.33 bits per heavy atom. The van der Waals surface area contributed by atoms with Gasteiger partial charge in [-0.05, 0) is 37.8 Å². The maximum Gasteiger partial charge on any atom is 0.294 e. The first-order chi connectivity index (χ1) is 9.88. The molecule has 0 saturated heterocycles. The van der Waals surface area contributed by atoms with Crippen LogP contribution in [-0.2, 0) is 11.2 Å². The molecule has 1 aromatic carbocycles. The molecule has 0 radical (unpaired) electrons. The number of benzene rings is 1. The number of anilines is 2. The minimum atomic E-state index is -0.408. The fourth-order valence-corrected chi connectivity index (χ4v) is 2.42. The third-order valence-corrected chi connectivity index (χ3v) is 4.31. The molecule has 1 amide bonds. The van der Waals surface area contributed by atoms with Gasteiger partial charge in [-0.15, -0.1) is 0 Å². The van der Waals surface area contributed by atoms with Crippen molar-refractivity contribution in [3.63, 3.8) is 0 Å². The molecule has 0 spiro atoms. The van der Waals surface area contributed by atoms with Gasteiger partial charge >= 0.3 is 0 Å². The quantitative estimate of drug-likeness (QED) is 0.642. The Morgan fingerprint density at radius 3 is 2.57 bits per heavy atom. The monoisotopic (exact) mass is 291 g/mol. The Labute approximate surface area is 124 Å². The van der Waals surface area contributed by atoms with Crippen molar-refractivity contribution in [1.82, 2.24) is 0 Å². The molecule has 1 aliphatic heterocycles. The van der Waals surface area contributed by atoms with Crippen LogP contribution in [0.25, 0.3) is 0 Å². The number of hydrogen-bond acceptors (Lipinski definition) is 4. The molecule has 0 unspecified atom stereocenters. The first kappa shape index (κ1) is 15.3. The first-order valence-corrected chi connectivity index (χ1v) is 7.28. The van der Waals surface area contributed by atoms with E-state index in [4.69, 9.17) is 0 Å². The van der Waals surface area contributed by atoms with Crippen LogP contribution in [0.15, 0.2) is 12.1 Å². The van der Waals surface area contributed by atoms with E-state index in [2.05, 4.69) is 31.4 Å². The van der Waals surface area contributed by atoms with Gasteiger partial charge in [0, 0.05) is 18.0 Å². The van der Waals surface area contributed by atoms with Gasteiger partial charge in [0.15, 0.2) is 0 Å². The van der Waals surface area contributed by atoms with Crippen molar-refractivity contribution in [2.45, 2.75) is 52.0 Å². The van der Waals surface area contributed by atoms with Gasteiger partial charge in [0.1, 0.15) is 5.69 Å². The van der Waals surface area contributed by atoms with Crippen LogP contribution in [0.4, 0.5) is 17.1 Å². The highest BCUT2D eigenvalue weighted by atomic mass is 16.6. The van der Waals surface area contributed by atoms with Crippen molar-refractivity contribution >= 4 is 23.0 Å². The summed E-state index contributed by atoms with van der Waals surface area (Å²) in [6, 6.07) is 3.26. The Balaban J connectivity index is 2.45. The summed E-state index contributed by atoms with van der Waals surface area (Å²) in [5.41, 5.74) is 1.84. The number of nitro benzene ring substituents is 1. The van der Waals surface area contributed by atoms with E-state index in [1.54, 1.807) is 6.07 Å². The molecule has 0 aliphatic carbocycles. The van der Waals surface area contributed by atoms with Crippen LogP contribution < -0.4 is 10.6 Å². The third-order valence-electron chi connectivity index (χ3n) is 4.31. The first-order valence-electron chi connectivity index (χ1n) is 7.28. The SMILES string of the molecule is CCC(C)(CC)Nc1cc2c(cc1[N+](=O)[O-])NC(=O)CC2. The van der Waals surface area contributed by atoms with Crippen LogP contribution in [0, 0.1) is 10.1 Å². The van der Waals surface area contributed by atoms with Gasteiger partial charge in [-0.3, -0.25) is 14.9 Å².